The average Bonchev–Trinajstić information content (AvgIpc) is 3.22. The molecule has 0 N–H and O–H groups in total. The molecule has 0 unspecified atom stereocenters. The van der Waals surface area contributed by atoms with Gasteiger partial charge in [0.15, 0.2) is 0 Å². The van der Waals surface area contributed by atoms with Gasteiger partial charge in [-0.15, -0.1) is 5.10 Å². The summed E-state index contributed by atoms with van der Waals surface area (Å²) in [5.41, 5.74) is 2.78. The number of nitrogens with zero attached hydrogens (tertiary/aromatic N) is 4. The SMILES string of the molecule is CCOCCOc1cccc2ccc(-c3cn(-c4ccc(F)cc4)nn3)nc12. The lowest BCUT2D eigenvalue weighted by Gasteiger charge is -2.09. The van der Waals surface area contributed by atoms with Crippen LogP contribution in [0, 0.1) is 5.82 Å². The molecule has 28 heavy (non-hydrogen) atoms. The van der Waals surface area contributed by atoms with E-state index in [2.05, 4.69) is 10.3 Å². The van der Waals surface area contributed by atoms with Gasteiger partial charge in [-0.1, -0.05) is 23.4 Å². The van der Waals surface area contributed by atoms with Gasteiger partial charge in [0.2, 0.25) is 0 Å². The van der Waals surface area contributed by atoms with Crippen molar-refractivity contribution in [2.24, 2.45) is 0 Å². The van der Waals surface area contributed by atoms with Crippen LogP contribution in [0.2, 0.25) is 0 Å². The summed E-state index contributed by atoms with van der Waals surface area (Å²) in [5.74, 6) is 0.405. The fourth-order valence-electron chi connectivity index (χ4n) is 2.84. The molecule has 0 radical (unpaired) electrons. The van der Waals surface area contributed by atoms with Crippen molar-refractivity contribution in [2.75, 3.05) is 19.8 Å². The van der Waals surface area contributed by atoms with Crippen LogP contribution in [-0.4, -0.2) is 39.8 Å². The summed E-state index contributed by atoms with van der Waals surface area (Å²) >= 11 is 0. The first-order valence-electron chi connectivity index (χ1n) is 9.03. The molecule has 0 spiro atoms. The molecule has 0 aliphatic carbocycles. The average molecular weight is 378 g/mol. The Morgan fingerprint density at radius 3 is 2.64 bits per heavy atom. The molecule has 0 saturated carbocycles. The maximum absolute atomic E-state index is 13.1. The van der Waals surface area contributed by atoms with Gasteiger partial charge in [0.05, 0.1) is 24.2 Å². The van der Waals surface area contributed by atoms with Crippen LogP contribution in [0.1, 0.15) is 6.92 Å². The van der Waals surface area contributed by atoms with Gasteiger partial charge in [-0.3, -0.25) is 0 Å². The van der Waals surface area contributed by atoms with Crippen molar-refractivity contribution in [1.29, 1.82) is 0 Å². The Morgan fingerprint density at radius 1 is 0.964 bits per heavy atom. The van der Waals surface area contributed by atoms with E-state index in [0.717, 1.165) is 16.6 Å². The largest absolute Gasteiger partial charge is 0.489 e. The van der Waals surface area contributed by atoms with Gasteiger partial charge in [-0.2, -0.15) is 0 Å². The van der Waals surface area contributed by atoms with Crippen LogP contribution in [0.3, 0.4) is 0 Å². The molecular weight excluding hydrogens is 359 g/mol. The molecule has 2 heterocycles. The minimum atomic E-state index is -0.294. The normalized spacial score (nSPS) is 11.1. The number of pyridine rings is 1. The number of rotatable bonds is 7. The van der Waals surface area contributed by atoms with Gasteiger partial charge in [0.25, 0.3) is 0 Å². The number of benzene rings is 2. The van der Waals surface area contributed by atoms with Crippen LogP contribution in [-0.2, 0) is 4.74 Å². The van der Waals surface area contributed by atoms with Crippen molar-refractivity contribution in [3.8, 4) is 22.8 Å². The van der Waals surface area contributed by atoms with E-state index in [0.29, 0.717) is 37.0 Å². The minimum Gasteiger partial charge on any atom is -0.489 e. The van der Waals surface area contributed by atoms with E-state index in [1.165, 1.54) is 12.1 Å². The number of para-hydroxylation sites is 1. The second-order valence-electron chi connectivity index (χ2n) is 6.09. The van der Waals surface area contributed by atoms with Gasteiger partial charge in [0.1, 0.15) is 29.4 Å². The third kappa shape index (κ3) is 3.84. The quantitative estimate of drug-likeness (QED) is 0.454. The predicted molar refractivity (Wildman–Crippen MR) is 104 cm³/mol. The van der Waals surface area contributed by atoms with Crippen LogP contribution in [0.4, 0.5) is 4.39 Å². The lowest BCUT2D eigenvalue weighted by atomic mass is 10.1. The zero-order chi connectivity index (χ0) is 19.3. The van der Waals surface area contributed by atoms with Crippen molar-refractivity contribution >= 4 is 10.9 Å². The molecule has 0 aliphatic rings. The van der Waals surface area contributed by atoms with E-state index in [-0.39, 0.29) is 5.82 Å². The van der Waals surface area contributed by atoms with Crippen molar-refractivity contribution in [3.63, 3.8) is 0 Å². The number of hydrogen-bond donors (Lipinski definition) is 0. The lowest BCUT2D eigenvalue weighted by molar-refractivity contribution is 0.110. The third-order valence-electron chi connectivity index (χ3n) is 4.22. The van der Waals surface area contributed by atoms with Crippen molar-refractivity contribution in [1.82, 2.24) is 20.0 Å². The maximum Gasteiger partial charge on any atom is 0.145 e. The van der Waals surface area contributed by atoms with Gasteiger partial charge < -0.3 is 9.47 Å². The fourth-order valence-corrected chi connectivity index (χ4v) is 2.84. The third-order valence-corrected chi connectivity index (χ3v) is 4.22. The number of fused-ring (bicyclic) bond motifs is 1. The first kappa shape index (κ1) is 18.1. The molecule has 4 aromatic rings. The van der Waals surface area contributed by atoms with Gasteiger partial charge in [-0.05, 0) is 43.3 Å². The van der Waals surface area contributed by atoms with E-state index in [4.69, 9.17) is 14.5 Å². The zero-order valence-electron chi connectivity index (χ0n) is 15.4. The topological polar surface area (TPSA) is 62.1 Å². The van der Waals surface area contributed by atoms with Crippen LogP contribution in [0.15, 0.2) is 60.8 Å². The summed E-state index contributed by atoms with van der Waals surface area (Å²) in [4.78, 5) is 4.72. The Morgan fingerprint density at radius 2 is 1.82 bits per heavy atom. The standard InChI is InChI=1S/C21H19FN4O2/c1-2-27-12-13-28-20-5-3-4-15-6-11-18(23-21(15)20)19-14-26(25-24-19)17-9-7-16(22)8-10-17/h3-11,14H,2,12-13H2,1H3. The number of ether oxygens (including phenoxy) is 2. The smallest absolute Gasteiger partial charge is 0.145 e. The van der Waals surface area contributed by atoms with Crippen molar-refractivity contribution in [2.45, 2.75) is 6.92 Å². The van der Waals surface area contributed by atoms with Gasteiger partial charge in [-0.25, -0.2) is 14.1 Å². The minimum absolute atomic E-state index is 0.294. The summed E-state index contributed by atoms with van der Waals surface area (Å²) in [6, 6.07) is 15.7. The molecule has 0 aliphatic heterocycles. The van der Waals surface area contributed by atoms with E-state index in [1.807, 2.05) is 37.3 Å². The Balaban J connectivity index is 1.63. The molecule has 4 rings (SSSR count). The highest BCUT2D eigenvalue weighted by Gasteiger charge is 2.10. The fraction of sp³-hybridized carbons (Fsp3) is 0.190. The Hall–Kier alpha value is -3.32. The summed E-state index contributed by atoms with van der Waals surface area (Å²) in [6.07, 6.45) is 1.76. The van der Waals surface area contributed by atoms with Gasteiger partial charge in [0, 0.05) is 12.0 Å². The molecule has 0 bridgehead atoms. The molecule has 6 nitrogen and oxygen atoms in total. The number of aromatic nitrogens is 4. The molecule has 0 fully saturated rings. The first-order chi connectivity index (χ1) is 13.7. The van der Waals surface area contributed by atoms with Crippen molar-refractivity contribution in [3.05, 3.63) is 66.6 Å². The molecule has 142 valence electrons. The van der Waals surface area contributed by atoms with Crippen molar-refractivity contribution < 1.29 is 13.9 Å². The van der Waals surface area contributed by atoms with Crippen LogP contribution >= 0.6 is 0 Å². The highest BCUT2D eigenvalue weighted by atomic mass is 19.1. The van der Waals surface area contributed by atoms with E-state index in [9.17, 15) is 4.39 Å². The van der Waals surface area contributed by atoms with Crippen LogP contribution < -0.4 is 4.74 Å². The highest BCUT2D eigenvalue weighted by molar-refractivity contribution is 5.86. The lowest BCUT2D eigenvalue weighted by Crippen LogP contribution is -2.06. The zero-order valence-corrected chi connectivity index (χ0v) is 15.4. The van der Waals surface area contributed by atoms with Gasteiger partial charge >= 0.3 is 0 Å². The van der Waals surface area contributed by atoms with E-state index in [1.54, 1.807) is 23.0 Å². The maximum atomic E-state index is 13.1. The molecule has 0 atom stereocenters. The Bertz CT molecular complexity index is 1080. The second kappa shape index (κ2) is 8.14. The molecule has 2 aromatic heterocycles. The van der Waals surface area contributed by atoms with Crippen LogP contribution in [0.25, 0.3) is 28.0 Å². The van der Waals surface area contributed by atoms with E-state index >= 15 is 0 Å². The molecule has 2 aromatic carbocycles. The number of hydrogen-bond acceptors (Lipinski definition) is 5. The molecular formula is C21H19FN4O2. The first-order valence-corrected chi connectivity index (χ1v) is 9.03. The van der Waals surface area contributed by atoms with Crippen LogP contribution in [0.5, 0.6) is 5.75 Å². The second-order valence-corrected chi connectivity index (χ2v) is 6.09. The summed E-state index contributed by atoms with van der Waals surface area (Å²) in [7, 11) is 0. The summed E-state index contributed by atoms with van der Waals surface area (Å²) in [6.45, 7) is 3.59. The Labute approximate surface area is 161 Å². The molecule has 0 amide bonds. The summed E-state index contributed by atoms with van der Waals surface area (Å²) in [5, 5.41) is 9.30. The highest BCUT2D eigenvalue weighted by Crippen LogP contribution is 2.27. The monoisotopic (exact) mass is 378 g/mol. The van der Waals surface area contributed by atoms with E-state index < -0.39 is 0 Å². The summed E-state index contributed by atoms with van der Waals surface area (Å²) < 4.78 is 25.9. The number of halogens is 1. The predicted octanol–water partition coefficient (Wildman–Crippen LogP) is 4.04. The Kier molecular flexibility index (Phi) is 5.25. The molecule has 7 heteroatoms. The molecule has 0 saturated heterocycles.